The van der Waals surface area contributed by atoms with Crippen LogP contribution < -0.4 is 9.46 Å². The molecule has 0 unspecified atom stereocenters. The third-order valence-corrected chi connectivity index (χ3v) is 5.49. The first-order chi connectivity index (χ1) is 10.8. The van der Waals surface area contributed by atoms with E-state index in [9.17, 15) is 4.21 Å². The van der Waals surface area contributed by atoms with Crippen molar-refractivity contribution in [2.75, 3.05) is 7.11 Å². The zero-order chi connectivity index (χ0) is 17.2. The van der Waals surface area contributed by atoms with Crippen molar-refractivity contribution in [3.8, 4) is 5.75 Å². The van der Waals surface area contributed by atoms with E-state index in [0.29, 0.717) is 5.15 Å². The maximum Gasteiger partial charge on any atom is 0.129 e. The zero-order valence-corrected chi connectivity index (χ0v) is 15.7. The van der Waals surface area contributed by atoms with Crippen LogP contribution in [0.2, 0.25) is 5.15 Å². The molecule has 1 aromatic carbocycles. The maximum absolute atomic E-state index is 12.5. The number of hydrogen-bond acceptors (Lipinski definition) is 3. The Morgan fingerprint density at radius 2 is 2.04 bits per heavy atom. The lowest BCUT2D eigenvalue weighted by Crippen LogP contribution is -2.35. The second-order valence-electron chi connectivity index (χ2n) is 6.37. The average molecular weight is 355 g/mol. The first kappa shape index (κ1) is 18.2. The van der Waals surface area contributed by atoms with E-state index in [1.165, 1.54) is 0 Å². The molecule has 0 aliphatic rings. The van der Waals surface area contributed by atoms with E-state index in [-0.39, 0.29) is 10.8 Å². The third-order valence-electron chi connectivity index (χ3n) is 3.67. The highest BCUT2D eigenvalue weighted by atomic mass is 35.5. The fourth-order valence-electron chi connectivity index (χ4n) is 2.36. The van der Waals surface area contributed by atoms with Gasteiger partial charge in [0.1, 0.15) is 10.9 Å². The second kappa shape index (κ2) is 7.16. The summed E-state index contributed by atoms with van der Waals surface area (Å²) >= 11 is 6.08. The van der Waals surface area contributed by atoms with Gasteiger partial charge in [-0.15, -0.1) is 0 Å². The zero-order valence-electron chi connectivity index (χ0n) is 14.1. The molecule has 2 atom stereocenters. The second-order valence-corrected chi connectivity index (χ2v) is 8.75. The van der Waals surface area contributed by atoms with Crippen LogP contribution in [0.3, 0.4) is 0 Å². The van der Waals surface area contributed by atoms with E-state index >= 15 is 0 Å². The van der Waals surface area contributed by atoms with Gasteiger partial charge in [0.05, 0.1) is 22.8 Å². The fourth-order valence-corrected chi connectivity index (χ4v) is 3.43. The predicted molar refractivity (Wildman–Crippen MR) is 97.4 cm³/mol. The van der Waals surface area contributed by atoms with Gasteiger partial charge in [0, 0.05) is 17.6 Å². The Hall–Kier alpha value is -1.17. The fraction of sp³-hybridized carbons (Fsp3) is 0.471. The van der Waals surface area contributed by atoms with Crippen molar-refractivity contribution in [3.63, 3.8) is 0 Å². The molecular formula is C17H23ClN2O2S. The van der Waals surface area contributed by atoms with Gasteiger partial charge in [0.25, 0.3) is 0 Å². The van der Waals surface area contributed by atoms with Gasteiger partial charge in [-0.1, -0.05) is 24.6 Å². The number of methoxy groups -OCH3 is 1. The Kier molecular flexibility index (Phi) is 5.65. The van der Waals surface area contributed by atoms with E-state index in [0.717, 1.165) is 28.5 Å². The van der Waals surface area contributed by atoms with Gasteiger partial charge in [-0.2, -0.15) is 0 Å². The number of hydrogen-bond donors (Lipinski definition) is 1. The van der Waals surface area contributed by atoms with Crippen molar-refractivity contribution in [1.29, 1.82) is 0 Å². The summed E-state index contributed by atoms with van der Waals surface area (Å²) < 4.78 is 20.8. The molecule has 23 heavy (non-hydrogen) atoms. The first-order valence-electron chi connectivity index (χ1n) is 7.58. The summed E-state index contributed by atoms with van der Waals surface area (Å²) in [6.07, 6.45) is 2.52. The van der Waals surface area contributed by atoms with Crippen LogP contribution in [0.5, 0.6) is 5.75 Å². The summed E-state index contributed by atoms with van der Waals surface area (Å²) in [4.78, 5) is 4.15. The highest BCUT2D eigenvalue weighted by Crippen LogP contribution is 2.34. The molecule has 2 rings (SSSR count). The minimum atomic E-state index is -1.15. The minimum absolute atomic E-state index is 0.0399. The number of pyridine rings is 1. The number of rotatable bonds is 5. The number of ether oxygens (including phenoxy) is 1. The van der Waals surface area contributed by atoms with Gasteiger partial charge in [0.2, 0.25) is 0 Å². The molecular weight excluding hydrogens is 332 g/mol. The van der Waals surface area contributed by atoms with Gasteiger partial charge >= 0.3 is 0 Å². The van der Waals surface area contributed by atoms with Crippen molar-refractivity contribution in [1.82, 2.24) is 9.71 Å². The van der Waals surface area contributed by atoms with E-state index in [1.54, 1.807) is 13.3 Å². The van der Waals surface area contributed by atoms with E-state index in [1.807, 2.05) is 39.0 Å². The van der Waals surface area contributed by atoms with E-state index < -0.39 is 11.0 Å². The molecule has 0 radical (unpaired) electrons. The number of nitrogens with one attached hydrogen (secondary N) is 1. The van der Waals surface area contributed by atoms with Crippen molar-refractivity contribution < 1.29 is 8.95 Å². The van der Waals surface area contributed by atoms with Gasteiger partial charge in [0.15, 0.2) is 0 Å². The molecule has 126 valence electrons. The van der Waals surface area contributed by atoms with Crippen LogP contribution in [0, 0.1) is 0 Å². The molecule has 1 N–H and O–H groups in total. The highest BCUT2D eigenvalue weighted by molar-refractivity contribution is 7.84. The van der Waals surface area contributed by atoms with Crippen molar-refractivity contribution in [2.24, 2.45) is 0 Å². The maximum atomic E-state index is 12.5. The lowest BCUT2D eigenvalue weighted by Gasteiger charge is -2.25. The molecule has 0 amide bonds. The van der Waals surface area contributed by atoms with Gasteiger partial charge in [-0.3, -0.25) is 0 Å². The molecule has 0 fully saturated rings. The summed E-state index contributed by atoms with van der Waals surface area (Å²) in [7, 11) is 0.479. The van der Waals surface area contributed by atoms with E-state index in [4.69, 9.17) is 16.3 Å². The quantitative estimate of drug-likeness (QED) is 0.809. The Morgan fingerprint density at radius 1 is 1.35 bits per heavy atom. The monoisotopic (exact) mass is 354 g/mol. The Morgan fingerprint density at radius 3 is 2.61 bits per heavy atom. The van der Waals surface area contributed by atoms with Gasteiger partial charge in [-0.25, -0.2) is 13.9 Å². The molecule has 0 saturated carbocycles. The smallest absolute Gasteiger partial charge is 0.129 e. The number of benzene rings is 1. The van der Waals surface area contributed by atoms with Crippen molar-refractivity contribution in [3.05, 3.63) is 35.1 Å². The number of aromatic nitrogens is 1. The number of halogens is 1. The summed E-state index contributed by atoms with van der Waals surface area (Å²) in [5, 5.41) is 2.30. The lowest BCUT2D eigenvalue weighted by molar-refractivity contribution is 0.419. The summed E-state index contributed by atoms with van der Waals surface area (Å²) in [6.45, 7) is 7.93. The van der Waals surface area contributed by atoms with Gasteiger partial charge < -0.3 is 4.74 Å². The molecule has 1 aromatic heterocycles. The van der Waals surface area contributed by atoms with Crippen molar-refractivity contribution >= 4 is 33.4 Å². The summed E-state index contributed by atoms with van der Waals surface area (Å²) in [5.41, 5.74) is 1.05. The van der Waals surface area contributed by atoms with Crippen molar-refractivity contribution in [2.45, 2.75) is 44.9 Å². The van der Waals surface area contributed by atoms with Crippen LogP contribution in [0.25, 0.3) is 10.8 Å². The lowest BCUT2D eigenvalue weighted by atomic mass is 9.98. The van der Waals surface area contributed by atoms with Crippen LogP contribution >= 0.6 is 11.6 Å². The molecule has 6 heteroatoms. The average Bonchev–Trinajstić information content (AvgIpc) is 2.50. The topological polar surface area (TPSA) is 51.2 Å². The predicted octanol–water partition coefficient (Wildman–Crippen LogP) is 4.40. The molecule has 0 spiro atoms. The number of nitrogens with zero attached hydrogens (tertiary/aromatic N) is 1. The Labute approximate surface area is 145 Å². The largest absolute Gasteiger partial charge is 0.496 e. The Bertz CT molecular complexity index is 728. The highest BCUT2D eigenvalue weighted by Gasteiger charge is 2.24. The SMILES string of the molecule is CC[C@H](N[S@@](=O)C(C)(C)C)c1ccc(OC)c2cnc(Cl)cc12. The molecule has 0 saturated heterocycles. The van der Waals surface area contributed by atoms with Gasteiger partial charge in [-0.05, 0) is 50.3 Å². The van der Waals surface area contributed by atoms with Crippen LogP contribution in [-0.2, 0) is 11.0 Å². The molecule has 4 nitrogen and oxygen atoms in total. The standard InChI is InChI=1S/C17H23ClN2O2S/c1-6-14(20-23(21)17(2,3)4)11-7-8-15(22-5)13-10-19-16(18)9-12(11)13/h7-10,14,20H,6H2,1-5H3/t14-,23-/m0/s1. The number of fused-ring (bicyclic) bond motifs is 1. The third kappa shape index (κ3) is 4.03. The first-order valence-corrected chi connectivity index (χ1v) is 9.11. The van der Waals surface area contributed by atoms with E-state index in [2.05, 4.69) is 16.6 Å². The normalized spacial score (nSPS) is 14.7. The summed E-state index contributed by atoms with van der Waals surface area (Å²) in [6, 6.07) is 5.71. The molecule has 0 bridgehead atoms. The molecule has 1 heterocycles. The molecule has 0 aliphatic carbocycles. The van der Waals surface area contributed by atoms with Crippen LogP contribution in [0.4, 0.5) is 0 Å². The van der Waals surface area contributed by atoms with Crippen LogP contribution in [0.15, 0.2) is 24.4 Å². The van der Waals surface area contributed by atoms with Crippen LogP contribution in [0.1, 0.15) is 45.7 Å². The molecule has 2 aromatic rings. The molecule has 0 aliphatic heterocycles. The Balaban J connectivity index is 2.52. The summed E-state index contributed by atoms with van der Waals surface area (Å²) in [5.74, 6) is 0.750. The van der Waals surface area contributed by atoms with Crippen LogP contribution in [-0.4, -0.2) is 21.0 Å². The minimum Gasteiger partial charge on any atom is -0.496 e.